The third kappa shape index (κ3) is 1.42. The largest absolute Gasteiger partial charge is 0.469 e. The molecular weight excluding hydrogens is 180 g/mol. The lowest BCUT2D eigenvalue weighted by Crippen LogP contribution is -2.52. The summed E-state index contributed by atoms with van der Waals surface area (Å²) in [6, 6.07) is 1.72. The first-order valence-corrected chi connectivity index (χ1v) is 4.76. The molecule has 1 aliphatic heterocycles. The minimum Gasteiger partial charge on any atom is -0.469 e. The summed E-state index contributed by atoms with van der Waals surface area (Å²) in [5.41, 5.74) is 6.16. The average molecular weight is 194 g/mol. The molecule has 0 radical (unpaired) electrons. The minimum absolute atomic E-state index is 0.0564. The second kappa shape index (κ2) is 3.46. The van der Waals surface area contributed by atoms with E-state index in [1.54, 1.807) is 24.2 Å². The molecule has 2 N–H and O–H groups in total. The Hall–Kier alpha value is -1.29. The van der Waals surface area contributed by atoms with E-state index in [9.17, 15) is 4.79 Å². The molecule has 76 valence electrons. The number of amides is 1. The first kappa shape index (κ1) is 9.27. The van der Waals surface area contributed by atoms with Gasteiger partial charge >= 0.3 is 0 Å². The van der Waals surface area contributed by atoms with E-state index in [-0.39, 0.29) is 5.91 Å². The fourth-order valence-corrected chi connectivity index (χ4v) is 1.66. The van der Waals surface area contributed by atoms with Crippen LogP contribution in [0, 0.1) is 12.8 Å². The number of nitrogens with two attached hydrogens (primary N) is 1. The highest BCUT2D eigenvalue weighted by atomic mass is 16.3. The van der Waals surface area contributed by atoms with E-state index in [0.29, 0.717) is 23.8 Å². The quantitative estimate of drug-likeness (QED) is 0.750. The SMILES string of the molecule is Cc1occc1C(=O)N1CC(CN)C1. The molecule has 0 bridgehead atoms. The number of hydrogen-bond acceptors (Lipinski definition) is 3. The number of rotatable bonds is 2. The van der Waals surface area contributed by atoms with Crippen LogP contribution in [0.15, 0.2) is 16.7 Å². The summed E-state index contributed by atoms with van der Waals surface area (Å²) in [4.78, 5) is 13.6. The molecule has 1 fully saturated rings. The van der Waals surface area contributed by atoms with Crippen molar-refractivity contribution in [3.05, 3.63) is 23.7 Å². The Labute approximate surface area is 82.7 Å². The summed E-state index contributed by atoms with van der Waals surface area (Å²) < 4.78 is 5.09. The van der Waals surface area contributed by atoms with Crippen molar-refractivity contribution >= 4 is 5.91 Å². The molecule has 1 amide bonds. The van der Waals surface area contributed by atoms with E-state index in [2.05, 4.69) is 0 Å². The van der Waals surface area contributed by atoms with Crippen molar-refractivity contribution in [1.82, 2.24) is 4.90 Å². The van der Waals surface area contributed by atoms with Gasteiger partial charge in [0, 0.05) is 19.0 Å². The molecule has 1 aromatic rings. The lowest BCUT2D eigenvalue weighted by molar-refractivity contribution is 0.0513. The summed E-state index contributed by atoms with van der Waals surface area (Å²) in [5, 5.41) is 0. The molecule has 0 aliphatic carbocycles. The van der Waals surface area contributed by atoms with Crippen LogP contribution in [0.5, 0.6) is 0 Å². The minimum atomic E-state index is 0.0564. The van der Waals surface area contributed by atoms with Gasteiger partial charge in [-0.2, -0.15) is 0 Å². The molecular formula is C10H14N2O2. The van der Waals surface area contributed by atoms with Gasteiger partial charge in [-0.15, -0.1) is 0 Å². The van der Waals surface area contributed by atoms with E-state index in [1.165, 1.54) is 0 Å². The van der Waals surface area contributed by atoms with Gasteiger partial charge in [0.05, 0.1) is 11.8 Å². The van der Waals surface area contributed by atoms with Crippen molar-refractivity contribution in [3.63, 3.8) is 0 Å². The molecule has 2 rings (SSSR count). The fraction of sp³-hybridized carbons (Fsp3) is 0.500. The number of hydrogen-bond donors (Lipinski definition) is 1. The Bertz CT molecular complexity index is 340. The Balaban J connectivity index is 2.01. The standard InChI is InChI=1S/C10H14N2O2/c1-7-9(2-3-14-7)10(13)12-5-8(4-11)6-12/h2-3,8H,4-6,11H2,1H3. The number of furan rings is 1. The van der Waals surface area contributed by atoms with Gasteiger partial charge in [0.15, 0.2) is 0 Å². The second-order valence-electron chi connectivity index (χ2n) is 3.70. The van der Waals surface area contributed by atoms with Crippen LogP contribution in [0.3, 0.4) is 0 Å². The van der Waals surface area contributed by atoms with Crippen LogP contribution in [0.1, 0.15) is 16.1 Å². The van der Waals surface area contributed by atoms with Crippen molar-refractivity contribution in [2.24, 2.45) is 11.7 Å². The first-order chi connectivity index (χ1) is 6.72. The molecule has 2 heterocycles. The molecule has 0 atom stereocenters. The summed E-state index contributed by atoms with van der Waals surface area (Å²) in [7, 11) is 0. The molecule has 1 saturated heterocycles. The molecule has 0 saturated carbocycles. The van der Waals surface area contributed by atoms with Crippen molar-refractivity contribution in [2.75, 3.05) is 19.6 Å². The van der Waals surface area contributed by atoms with Crippen LogP contribution in [0.25, 0.3) is 0 Å². The lowest BCUT2D eigenvalue weighted by Gasteiger charge is -2.38. The monoisotopic (exact) mass is 194 g/mol. The van der Waals surface area contributed by atoms with Gasteiger partial charge in [-0.25, -0.2) is 0 Å². The Kier molecular flexibility index (Phi) is 2.29. The lowest BCUT2D eigenvalue weighted by atomic mass is 9.99. The van der Waals surface area contributed by atoms with E-state index in [0.717, 1.165) is 13.1 Å². The smallest absolute Gasteiger partial charge is 0.257 e. The van der Waals surface area contributed by atoms with E-state index in [1.807, 2.05) is 0 Å². The second-order valence-corrected chi connectivity index (χ2v) is 3.70. The van der Waals surface area contributed by atoms with E-state index in [4.69, 9.17) is 10.2 Å². The molecule has 14 heavy (non-hydrogen) atoms. The third-order valence-electron chi connectivity index (χ3n) is 2.67. The predicted molar refractivity (Wildman–Crippen MR) is 51.9 cm³/mol. The number of likely N-dealkylation sites (tertiary alicyclic amines) is 1. The molecule has 1 aliphatic rings. The van der Waals surface area contributed by atoms with Gasteiger partial charge in [0.25, 0.3) is 5.91 Å². The maximum Gasteiger partial charge on any atom is 0.257 e. The van der Waals surface area contributed by atoms with Gasteiger partial charge < -0.3 is 15.1 Å². The fourth-order valence-electron chi connectivity index (χ4n) is 1.66. The maximum absolute atomic E-state index is 11.8. The van der Waals surface area contributed by atoms with Crippen LogP contribution < -0.4 is 5.73 Å². The van der Waals surface area contributed by atoms with Crippen LogP contribution >= 0.6 is 0 Å². The van der Waals surface area contributed by atoms with Crippen molar-refractivity contribution in [3.8, 4) is 0 Å². The highest BCUT2D eigenvalue weighted by Crippen LogP contribution is 2.19. The van der Waals surface area contributed by atoms with Gasteiger partial charge in [-0.05, 0) is 19.5 Å². The zero-order valence-corrected chi connectivity index (χ0v) is 8.19. The normalized spacial score (nSPS) is 16.9. The number of carbonyl (C=O) groups is 1. The highest BCUT2D eigenvalue weighted by molar-refractivity contribution is 5.95. The van der Waals surface area contributed by atoms with Crippen LogP contribution in [-0.2, 0) is 0 Å². The molecule has 4 heteroatoms. The number of carbonyl (C=O) groups excluding carboxylic acids is 1. The van der Waals surface area contributed by atoms with E-state index < -0.39 is 0 Å². The number of nitrogens with zero attached hydrogens (tertiary/aromatic N) is 1. The molecule has 0 spiro atoms. The van der Waals surface area contributed by atoms with Gasteiger partial charge in [-0.1, -0.05) is 0 Å². The van der Waals surface area contributed by atoms with Crippen LogP contribution in [0.2, 0.25) is 0 Å². The van der Waals surface area contributed by atoms with Crippen molar-refractivity contribution in [1.29, 1.82) is 0 Å². The zero-order valence-electron chi connectivity index (χ0n) is 8.19. The summed E-state index contributed by atoms with van der Waals surface area (Å²) in [5.74, 6) is 1.22. The molecule has 4 nitrogen and oxygen atoms in total. The van der Waals surface area contributed by atoms with E-state index >= 15 is 0 Å². The third-order valence-corrected chi connectivity index (χ3v) is 2.67. The summed E-state index contributed by atoms with van der Waals surface area (Å²) in [6.45, 7) is 4.02. The molecule has 0 unspecified atom stereocenters. The summed E-state index contributed by atoms with van der Waals surface area (Å²) >= 11 is 0. The van der Waals surface area contributed by atoms with Gasteiger partial charge in [0.1, 0.15) is 5.76 Å². The maximum atomic E-state index is 11.8. The van der Waals surface area contributed by atoms with Crippen LogP contribution in [-0.4, -0.2) is 30.4 Å². The number of aryl methyl sites for hydroxylation is 1. The predicted octanol–water partition coefficient (Wildman–Crippen LogP) is 0.619. The van der Waals surface area contributed by atoms with Crippen molar-refractivity contribution < 1.29 is 9.21 Å². The Morgan fingerprint density at radius 1 is 1.71 bits per heavy atom. The topological polar surface area (TPSA) is 59.5 Å². The van der Waals surface area contributed by atoms with Crippen molar-refractivity contribution in [2.45, 2.75) is 6.92 Å². The van der Waals surface area contributed by atoms with Gasteiger partial charge in [0.2, 0.25) is 0 Å². The summed E-state index contributed by atoms with van der Waals surface area (Å²) in [6.07, 6.45) is 1.54. The Morgan fingerprint density at radius 3 is 2.93 bits per heavy atom. The highest BCUT2D eigenvalue weighted by Gasteiger charge is 2.31. The Morgan fingerprint density at radius 2 is 2.43 bits per heavy atom. The first-order valence-electron chi connectivity index (χ1n) is 4.76. The van der Waals surface area contributed by atoms with Crippen LogP contribution in [0.4, 0.5) is 0 Å². The van der Waals surface area contributed by atoms with Gasteiger partial charge in [-0.3, -0.25) is 4.79 Å². The molecule has 1 aromatic heterocycles. The average Bonchev–Trinajstić information content (AvgIpc) is 2.49. The zero-order chi connectivity index (χ0) is 10.1. The molecule has 0 aromatic carbocycles.